The Morgan fingerprint density at radius 3 is 2.38 bits per heavy atom. The van der Waals surface area contributed by atoms with Crippen LogP contribution in [-0.4, -0.2) is 26.8 Å². The molecule has 0 aromatic rings. The molecular weight excluding hydrogens is 198 g/mol. The third-order valence-electron chi connectivity index (χ3n) is 3.30. The van der Waals surface area contributed by atoms with Crippen molar-refractivity contribution in [3.8, 4) is 0 Å². The van der Waals surface area contributed by atoms with Crippen LogP contribution in [0, 0.1) is 11.8 Å². The molecule has 2 heteroatoms. The van der Waals surface area contributed by atoms with E-state index in [-0.39, 0.29) is 0 Å². The van der Waals surface area contributed by atoms with E-state index in [9.17, 15) is 0 Å². The van der Waals surface area contributed by atoms with Crippen molar-refractivity contribution < 1.29 is 4.74 Å². The minimum absolute atomic E-state index is 0.687. The predicted molar refractivity (Wildman–Crippen MR) is 71.8 cm³/mol. The summed E-state index contributed by atoms with van der Waals surface area (Å²) in [5, 5.41) is 3.44. The molecule has 16 heavy (non-hydrogen) atoms. The van der Waals surface area contributed by atoms with Crippen molar-refractivity contribution in [2.75, 3.05) is 26.8 Å². The van der Waals surface area contributed by atoms with Gasteiger partial charge >= 0.3 is 0 Å². The third-order valence-corrected chi connectivity index (χ3v) is 3.30. The van der Waals surface area contributed by atoms with E-state index in [1.54, 1.807) is 0 Å². The highest BCUT2D eigenvalue weighted by atomic mass is 16.5. The van der Waals surface area contributed by atoms with Gasteiger partial charge < -0.3 is 10.1 Å². The van der Waals surface area contributed by atoms with Gasteiger partial charge in [0.1, 0.15) is 0 Å². The molecule has 0 aromatic carbocycles. The van der Waals surface area contributed by atoms with Crippen LogP contribution in [0.1, 0.15) is 52.9 Å². The van der Waals surface area contributed by atoms with Crippen LogP contribution in [0.25, 0.3) is 0 Å². The van der Waals surface area contributed by atoms with Gasteiger partial charge in [-0.1, -0.05) is 46.5 Å². The van der Waals surface area contributed by atoms with E-state index in [0.717, 1.165) is 25.6 Å². The topological polar surface area (TPSA) is 21.3 Å². The first-order chi connectivity index (χ1) is 7.78. The number of rotatable bonds is 11. The smallest absolute Gasteiger partial charge is 0.0502 e. The van der Waals surface area contributed by atoms with Gasteiger partial charge in [0, 0.05) is 13.7 Å². The van der Waals surface area contributed by atoms with Gasteiger partial charge in [-0.15, -0.1) is 0 Å². The molecule has 0 aliphatic carbocycles. The highest BCUT2D eigenvalue weighted by Crippen LogP contribution is 2.21. The summed E-state index contributed by atoms with van der Waals surface area (Å²) in [6.45, 7) is 9.82. The number of methoxy groups -OCH3 is 1. The molecule has 98 valence electrons. The lowest BCUT2D eigenvalue weighted by Crippen LogP contribution is -2.27. The van der Waals surface area contributed by atoms with Gasteiger partial charge in [-0.3, -0.25) is 0 Å². The Hall–Kier alpha value is -0.0800. The van der Waals surface area contributed by atoms with E-state index in [0.29, 0.717) is 5.92 Å². The Balaban J connectivity index is 3.90. The van der Waals surface area contributed by atoms with E-state index in [4.69, 9.17) is 4.74 Å². The number of hydrogen-bond acceptors (Lipinski definition) is 2. The van der Waals surface area contributed by atoms with Gasteiger partial charge in [-0.2, -0.15) is 0 Å². The SMILES string of the molecule is CCCCC(CC)CC(CNCC)COC. The van der Waals surface area contributed by atoms with Crippen LogP contribution in [0.2, 0.25) is 0 Å². The summed E-state index contributed by atoms with van der Waals surface area (Å²) in [7, 11) is 1.81. The maximum Gasteiger partial charge on any atom is 0.0502 e. The van der Waals surface area contributed by atoms with E-state index in [2.05, 4.69) is 26.1 Å². The van der Waals surface area contributed by atoms with Gasteiger partial charge in [0.05, 0.1) is 6.61 Å². The molecule has 0 fully saturated rings. The fraction of sp³-hybridized carbons (Fsp3) is 1.00. The van der Waals surface area contributed by atoms with E-state index < -0.39 is 0 Å². The van der Waals surface area contributed by atoms with Gasteiger partial charge in [0.15, 0.2) is 0 Å². The molecule has 2 nitrogen and oxygen atoms in total. The zero-order valence-electron chi connectivity index (χ0n) is 11.7. The molecule has 0 saturated heterocycles. The number of ether oxygens (including phenoxy) is 1. The first-order valence-corrected chi connectivity index (χ1v) is 6.97. The molecule has 0 aliphatic rings. The van der Waals surface area contributed by atoms with E-state index in [1.807, 2.05) is 7.11 Å². The highest BCUT2D eigenvalue weighted by molar-refractivity contribution is 4.67. The average molecular weight is 229 g/mol. The normalized spacial score (nSPS) is 15.0. The quantitative estimate of drug-likeness (QED) is 0.586. The summed E-state index contributed by atoms with van der Waals surface area (Å²) >= 11 is 0. The van der Waals surface area contributed by atoms with Gasteiger partial charge in [-0.25, -0.2) is 0 Å². The average Bonchev–Trinajstić information content (AvgIpc) is 2.31. The summed E-state index contributed by atoms with van der Waals surface area (Å²) in [4.78, 5) is 0. The van der Waals surface area contributed by atoms with Crippen molar-refractivity contribution >= 4 is 0 Å². The molecule has 2 unspecified atom stereocenters. The van der Waals surface area contributed by atoms with Crippen molar-refractivity contribution in [3.05, 3.63) is 0 Å². The molecule has 0 heterocycles. The first-order valence-electron chi connectivity index (χ1n) is 6.97. The Kier molecular flexibility index (Phi) is 11.3. The molecule has 0 aliphatic heterocycles. The van der Waals surface area contributed by atoms with Crippen LogP contribution >= 0.6 is 0 Å². The van der Waals surface area contributed by atoms with Crippen LogP contribution in [0.4, 0.5) is 0 Å². The molecule has 0 rings (SSSR count). The zero-order valence-corrected chi connectivity index (χ0v) is 11.7. The molecule has 0 aromatic heterocycles. The largest absolute Gasteiger partial charge is 0.384 e. The Morgan fingerprint density at radius 2 is 1.88 bits per heavy atom. The second kappa shape index (κ2) is 11.4. The van der Waals surface area contributed by atoms with Crippen LogP contribution in [-0.2, 0) is 4.74 Å². The minimum atomic E-state index is 0.687. The minimum Gasteiger partial charge on any atom is -0.384 e. The Morgan fingerprint density at radius 1 is 1.12 bits per heavy atom. The second-order valence-electron chi connectivity index (χ2n) is 4.78. The van der Waals surface area contributed by atoms with Crippen molar-refractivity contribution in [2.45, 2.75) is 52.9 Å². The lowest BCUT2D eigenvalue weighted by molar-refractivity contribution is 0.134. The summed E-state index contributed by atoms with van der Waals surface area (Å²) in [5.41, 5.74) is 0. The lowest BCUT2D eigenvalue weighted by atomic mass is 9.89. The Bertz CT molecular complexity index is 139. The van der Waals surface area contributed by atoms with Crippen molar-refractivity contribution in [1.29, 1.82) is 0 Å². The summed E-state index contributed by atoms with van der Waals surface area (Å²) in [6.07, 6.45) is 6.71. The molecule has 0 radical (unpaired) electrons. The molecule has 1 N–H and O–H groups in total. The van der Waals surface area contributed by atoms with Crippen molar-refractivity contribution in [1.82, 2.24) is 5.32 Å². The maximum atomic E-state index is 5.31. The summed E-state index contributed by atoms with van der Waals surface area (Å²) in [5.74, 6) is 1.57. The zero-order chi connectivity index (χ0) is 12.2. The monoisotopic (exact) mass is 229 g/mol. The van der Waals surface area contributed by atoms with E-state index in [1.165, 1.54) is 32.1 Å². The molecule has 0 saturated carbocycles. The molecular formula is C14H31NO. The van der Waals surface area contributed by atoms with Gasteiger partial charge in [-0.05, 0) is 24.8 Å². The van der Waals surface area contributed by atoms with Crippen LogP contribution < -0.4 is 5.32 Å². The maximum absolute atomic E-state index is 5.31. The van der Waals surface area contributed by atoms with E-state index >= 15 is 0 Å². The molecule has 0 spiro atoms. The van der Waals surface area contributed by atoms with Gasteiger partial charge in [0.25, 0.3) is 0 Å². The fourth-order valence-electron chi connectivity index (χ4n) is 2.25. The summed E-state index contributed by atoms with van der Waals surface area (Å²) in [6, 6.07) is 0. The van der Waals surface area contributed by atoms with Crippen LogP contribution in [0.15, 0.2) is 0 Å². The fourth-order valence-corrected chi connectivity index (χ4v) is 2.25. The second-order valence-corrected chi connectivity index (χ2v) is 4.78. The standard InChI is InChI=1S/C14H31NO/c1-5-8-9-13(6-2)10-14(12-16-4)11-15-7-3/h13-15H,5-12H2,1-4H3. The number of hydrogen-bond donors (Lipinski definition) is 1. The van der Waals surface area contributed by atoms with Crippen molar-refractivity contribution in [2.24, 2.45) is 11.8 Å². The summed E-state index contributed by atoms with van der Waals surface area (Å²) < 4.78 is 5.31. The number of unbranched alkanes of at least 4 members (excludes halogenated alkanes) is 1. The highest BCUT2D eigenvalue weighted by Gasteiger charge is 2.14. The Labute approximate surface area is 102 Å². The lowest BCUT2D eigenvalue weighted by Gasteiger charge is -2.22. The van der Waals surface area contributed by atoms with Gasteiger partial charge in [0.2, 0.25) is 0 Å². The third kappa shape index (κ3) is 8.12. The number of nitrogens with one attached hydrogen (secondary N) is 1. The molecule has 0 bridgehead atoms. The van der Waals surface area contributed by atoms with Crippen molar-refractivity contribution in [3.63, 3.8) is 0 Å². The van der Waals surface area contributed by atoms with Crippen LogP contribution in [0.5, 0.6) is 0 Å². The first kappa shape index (κ1) is 15.9. The predicted octanol–water partition coefficient (Wildman–Crippen LogP) is 3.47. The van der Waals surface area contributed by atoms with Crippen LogP contribution in [0.3, 0.4) is 0 Å². The molecule has 0 amide bonds. The molecule has 2 atom stereocenters.